The molecule has 8 rings (SSSR count). The van der Waals surface area contributed by atoms with Gasteiger partial charge < -0.3 is 0 Å². The topological polar surface area (TPSA) is 179 Å². The number of nitrogens with one attached hydrogen (secondary N) is 2. The van der Waals surface area contributed by atoms with Crippen LogP contribution in [0.25, 0.3) is 33.4 Å². The number of nitrogens with zero attached hydrogens (tertiary/aromatic N) is 2. The van der Waals surface area contributed by atoms with Crippen molar-refractivity contribution >= 4 is 53.9 Å². The van der Waals surface area contributed by atoms with Gasteiger partial charge in [0.25, 0.3) is 31.4 Å². The molecule has 6 aromatic rings. The lowest BCUT2D eigenvalue weighted by atomic mass is 9.91. The molecule has 0 spiro atoms. The Kier molecular flexibility index (Phi) is 7.51. The van der Waals surface area contributed by atoms with Crippen LogP contribution >= 0.6 is 0 Å². The number of nitro groups is 2. The van der Waals surface area contributed by atoms with Gasteiger partial charge in [-0.3, -0.25) is 29.7 Å². The zero-order valence-electron chi connectivity index (χ0n) is 26.7. The lowest BCUT2D eigenvalue weighted by molar-refractivity contribution is -0.385. The molecular weight excluding hydrogens is 705 g/mol. The van der Waals surface area contributed by atoms with Gasteiger partial charge in [0.1, 0.15) is 0 Å². The molecule has 12 nitrogen and oxygen atoms in total. The van der Waals surface area contributed by atoms with Crippen LogP contribution in [0.1, 0.15) is 22.3 Å². The van der Waals surface area contributed by atoms with Crippen molar-refractivity contribution in [3.8, 4) is 22.3 Å². The van der Waals surface area contributed by atoms with Gasteiger partial charge in [-0.05, 0) is 92.1 Å². The summed E-state index contributed by atoms with van der Waals surface area (Å²) >= 11 is 0. The lowest BCUT2D eigenvalue weighted by Gasteiger charge is -2.14. The lowest BCUT2D eigenvalue weighted by Crippen LogP contribution is -2.13. The van der Waals surface area contributed by atoms with Gasteiger partial charge in [0.15, 0.2) is 0 Å². The molecule has 14 heteroatoms. The van der Waals surface area contributed by atoms with Crippen LogP contribution in [0.15, 0.2) is 143 Å². The normalized spacial score (nSPS) is 14.2. The van der Waals surface area contributed by atoms with Crippen LogP contribution in [-0.2, 0) is 20.0 Å². The maximum atomic E-state index is 13.4. The second kappa shape index (κ2) is 12.0. The van der Waals surface area contributed by atoms with Gasteiger partial charge in [-0.1, -0.05) is 72.8 Å². The maximum absolute atomic E-state index is 13.4. The molecule has 0 bridgehead atoms. The van der Waals surface area contributed by atoms with Gasteiger partial charge in [0, 0.05) is 35.6 Å². The molecule has 0 fully saturated rings. The first-order valence-electron chi connectivity index (χ1n) is 15.7. The van der Waals surface area contributed by atoms with Crippen LogP contribution in [0.4, 0.5) is 22.7 Å². The maximum Gasteiger partial charge on any atom is 0.270 e. The summed E-state index contributed by atoms with van der Waals surface area (Å²) in [5.74, 6) is 0. The van der Waals surface area contributed by atoms with E-state index in [2.05, 4.69) is 9.44 Å². The van der Waals surface area contributed by atoms with Crippen LogP contribution in [0.3, 0.4) is 0 Å². The Labute approximate surface area is 297 Å². The Balaban J connectivity index is 1.27. The van der Waals surface area contributed by atoms with Crippen molar-refractivity contribution in [2.75, 3.05) is 9.44 Å². The number of fused-ring (bicyclic) bond motifs is 6. The van der Waals surface area contributed by atoms with Crippen molar-refractivity contribution in [3.63, 3.8) is 0 Å². The molecule has 2 N–H and O–H groups in total. The SMILES string of the molecule is O=[N+]([O-])c1cccc(S(=O)(=O)Nc2ccc3c(c2)/C(=C2\c4ccccc4-c4ccc(NS(=O)(=O)c5cccc([N+](=O)[O-])c5)cc42)c2ccccc2-3)c1. The fourth-order valence-electron chi connectivity index (χ4n) is 6.76. The molecule has 0 saturated carbocycles. The Morgan fingerprint density at radius 1 is 0.404 bits per heavy atom. The van der Waals surface area contributed by atoms with Crippen LogP contribution in [-0.4, -0.2) is 26.7 Å². The van der Waals surface area contributed by atoms with Crippen molar-refractivity contribution in [1.82, 2.24) is 0 Å². The van der Waals surface area contributed by atoms with E-state index >= 15 is 0 Å². The highest BCUT2D eigenvalue weighted by atomic mass is 32.2. The molecule has 6 aromatic carbocycles. The molecular formula is C38H24N4O8S2. The Hall–Kier alpha value is -6.64. The second-order valence-electron chi connectivity index (χ2n) is 12.1. The number of anilines is 2. The summed E-state index contributed by atoms with van der Waals surface area (Å²) in [5.41, 5.74) is 8.11. The van der Waals surface area contributed by atoms with E-state index in [1.54, 1.807) is 24.3 Å². The quantitative estimate of drug-likeness (QED) is 0.116. The number of rotatable bonds is 8. The van der Waals surface area contributed by atoms with Crippen molar-refractivity contribution in [1.29, 1.82) is 0 Å². The van der Waals surface area contributed by atoms with Crippen molar-refractivity contribution in [3.05, 3.63) is 176 Å². The zero-order chi connectivity index (χ0) is 36.4. The molecule has 2 aliphatic carbocycles. The molecule has 0 heterocycles. The monoisotopic (exact) mass is 728 g/mol. The van der Waals surface area contributed by atoms with Crippen LogP contribution in [0, 0.1) is 20.2 Å². The van der Waals surface area contributed by atoms with E-state index in [1.165, 1.54) is 36.4 Å². The van der Waals surface area contributed by atoms with Gasteiger partial charge in [-0.15, -0.1) is 0 Å². The fraction of sp³-hybridized carbons (Fsp3) is 0. The molecule has 0 saturated heterocycles. The first-order chi connectivity index (χ1) is 24.9. The number of nitro benzene ring substituents is 2. The summed E-state index contributed by atoms with van der Waals surface area (Å²) in [4.78, 5) is 20.8. The summed E-state index contributed by atoms with van der Waals surface area (Å²) < 4.78 is 58.9. The van der Waals surface area contributed by atoms with Crippen LogP contribution in [0.2, 0.25) is 0 Å². The zero-order valence-corrected chi connectivity index (χ0v) is 28.3. The van der Waals surface area contributed by atoms with E-state index in [0.29, 0.717) is 0 Å². The molecule has 0 amide bonds. The summed E-state index contributed by atoms with van der Waals surface area (Å²) in [7, 11) is -8.43. The van der Waals surface area contributed by atoms with Crippen molar-refractivity contribution < 1.29 is 26.7 Å². The van der Waals surface area contributed by atoms with Crippen molar-refractivity contribution in [2.24, 2.45) is 0 Å². The fourth-order valence-corrected chi connectivity index (χ4v) is 8.93. The number of sulfonamides is 2. The van der Waals surface area contributed by atoms with Crippen LogP contribution in [0.5, 0.6) is 0 Å². The summed E-state index contributed by atoms with van der Waals surface area (Å²) in [5, 5.41) is 22.7. The van der Waals surface area contributed by atoms with Gasteiger partial charge >= 0.3 is 0 Å². The van der Waals surface area contributed by atoms with E-state index in [9.17, 15) is 37.1 Å². The van der Waals surface area contributed by atoms with Gasteiger partial charge in [0.2, 0.25) is 0 Å². The third kappa shape index (κ3) is 5.46. The standard InChI is InChI=1S/C38H24N4O8S2/c43-41(44)25-7-5-9-27(21-25)51(47,48)39-23-15-17-31-29-11-1-3-13-33(29)37(35(31)19-23)38-34-14-4-2-12-30(34)32-18-16-24(20-36(32)38)40-52(49,50)28-10-6-8-26(22-28)42(45)46/h1-22,39-40H/b38-37+. The number of non-ortho nitro benzene ring substituents is 2. The first-order valence-corrected chi connectivity index (χ1v) is 18.7. The molecule has 0 aliphatic heterocycles. The summed E-state index contributed by atoms with van der Waals surface area (Å²) in [6, 6.07) is 35.5. The largest absolute Gasteiger partial charge is 0.280 e. The Morgan fingerprint density at radius 3 is 1.15 bits per heavy atom. The van der Waals surface area contributed by atoms with E-state index in [0.717, 1.165) is 67.8 Å². The minimum absolute atomic E-state index is 0.237. The molecule has 0 radical (unpaired) electrons. The average Bonchev–Trinajstić information content (AvgIpc) is 3.62. The third-order valence-corrected chi connectivity index (χ3v) is 11.7. The predicted octanol–water partition coefficient (Wildman–Crippen LogP) is 8.07. The van der Waals surface area contributed by atoms with E-state index < -0.39 is 29.9 Å². The highest BCUT2D eigenvalue weighted by Gasteiger charge is 2.33. The van der Waals surface area contributed by atoms with E-state index in [-0.39, 0.29) is 32.5 Å². The van der Waals surface area contributed by atoms with Gasteiger partial charge in [0.05, 0.1) is 19.6 Å². The minimum Gasteiger partial charge on any atom is -0.280 e. The highest BCUT2D eigenvalue weighted by Crippen LogP contribution is 2.55. The predicted molar refractivity (Wildman–Crippen MR) is 197 cm³/mol. The number of hydrogen-bond acceptors (Lipinski definition) is 8. The summed E-state index contributed by atoms with van der Waals surface area (Å²) in [6.45, 7) is 0. The highest BCUT2D eigenvalue weighted by molar-refractivity contribution is 7.93. The molecule has 0 aromatic heterocycles. The van der Waals surface area contributed by atoms with E-state index in [1.807, 2.05) is 60.7 Å². The Bertz CT molecular complexity index is 2610. The van der Waals surface area contributed by atoms with Crippen molar-refractivity contribution in [2.45, 2.75) is 9.79 Å². The molecule has 0 atom stereocenters. The smallest absolute Gasteiger partial charge is 0.270 e. The molecule has 2 aliphatic rings. The van der Waals surface area contributed by atoms with Gasteiger partial charge in [-0.2, -0.15) is 0 Å². The number of benzene rings is 6. The van der Waals surface area contributed by atoms with Gasteiger partial charge in [-0.25, -0.2) is 16.8 Å². The molecule has 0 unspecified atom stereocenters. The Morgan fingerprint density at radius 2 is 0.769 bits per heavy atom. The molecule has 256 valence electrons. The average molecular weight is 729 g/mol. The van der Waals surface area contributed by atoms with Crippen LogP contribution < -0.4 is 9.44 Å². The van der Waals surface area contributed by atoms with E-state index in [4.69, 9.17) is 0 Å². The molecule has 52 heavy (non-hydrogen) atoms. The summed E-state index contributed by atoms with van der Waals surface area (Å²) in [6.07, 6.45) is 0. The second-order valence-corrected chi connectivity index (χ2v) is 15.4. The first kappa shape index (κ1) is 32.6. The minimum atomic E-state index is -4.21. The number of hydrogen-bond donors (Lipinski definition) is 2. The third-order valence-electron chi connectivity index (χ3n) is 8.98.